The molecule has 8 rings (SSSR count). The number of nitrogens with two attached hydrogens (primary N) is 3. The number of nitrogens with one attached hydrogen (secondary N) is 4. The number of imidazole rings is 2. The highest BCUT2D eigenvalue weighted by molar-refractivity contribution is 8.44. The molecule has 12 atom stereocenters. The van der Waals surface area contributed by atoms with Crippen LogP contribution in [0.3, 0.4) is 0 Å². The van der Waals surface area contributed by atoms with Crippen LogP contribution in [0.2, 0.25) is 0 Å². The lowest BCUT2D eigenvalue weighted by Crippen LogP contribution is -2.55. The van der Waals surface area contributed by atoms with Crippen LogP contribution in [0.15, 0.2) is 54.7 Å². The maximum atomic E-state index is 16.4. The van der Waals surface area contributed by atoms with Gasteiger partial charge in [0, 0.05) is 44.3 Å². The summed E-state index contributed by atoms with van der Waals surface area (Å²) < 4.78 is 92.8. The zero-order valence-electron chi connectivity index (χ0n) is 46.6. The first kappa shape index (κ1) is 64.9. The van der Waals surface area contributed by atoms with E-state index in [2.05, 4.69) is 73.4 Å². The maximum Gasteiger partial charge on any atom is 0.472 e. The molecule has 87 heavy (non-hydrogen) atoms. The number of phosphoric ester groups is 1. The van der Waals surface area contributed by atoms with Gasteiger partial charge < -0.3 is 72.1 Å². The summed E-state index contributed by atoms with van der Waals surface area (Å²) in [7, 11) is -2.57. The Kier molecular flexibility index (Phi) is 21.0. The molecule has 0 spiro atoms. The summed E-state index contributed by atoms with van der Waals surface area (Å²) in [4.78, 5) is 118. The van der Waals surface area contributed by atoms with Gasteiger partial charge in [-0.2, -0.15) is 0 Å². The molecule has 7 heterocycles. The number of urea groups is 1. The number of fused-ring (bicyclic) bond motifs is 4. The molecular formula is C46H61FN20O17P2S. The third kappa shape index (κ3) is 16.1. The monoisotopic (exact) mass is 1280 g/mol. The normalized spacial score (nSPS) is 25.3. The number of ether oxygens (including phenoxy) is 4. The van der Waals surface area contributed by atoms with E-state index >= 15 is 4.39 Å². The number of hydrogen-bond donors (Lipinski definition) is 9. The van der Waals surface area contributed by atoms with Crippen LogP contribution in [-0.2, 0) is 67.2 Å². The Bertz CT molecular complexity index is 3500. The Balaban J connectivity index is 0.897. The van der Waals surface area contributed by atoms with Gasteiger partial charge in [-0.1, -0.05) is 43.3 Å². The molecule has 11 N–H and O–H groups in total. The Morgan fingerprint density at radius 2 is 1.46 bits per heavy atom. The van der Waals surface area contributed by atoms with Gasteiger partial charge in [-0.25, -0.2) is 57.8 Å². The molecule has 7 amide bonds. The second kappa shape index (κ2) is 28.2. The number of primary amides is 1. The standard InChI is InChI=1S/C46H61FN20O17P2S/c1-22(2)30(62-28(68)14-59-63-51)41(70)61-25(6-5-11-52-44(50)71)40(69)60-24-9-7-23(8-10-24)15-77-45(72)64(3)12-13-65(4)46(73)82-35-34-27(81-43(35)67-21-58-32-37(49)54-19-56-39(32)67)16-78-85(74,75)83-33-26(17-79-86(76,87)84-34)80-42(29(33)47)66-20-57-31-36(48)53-18-55-38(31)66/h7-10,18-22,25-27,29-30,33-35,42-43H,5-6,11-17H2,1-4H3,(H,60,69)(H,61,70)(H,62,68)(H,74,75)(H,76,87)(H2,48,53,55)(H2,49,54,56)(H3,50,52,71)/t25-,26+,27+,29+,30-,33+,34+,35+,42+,43+,86-/m0/s1. The van der Waals surface area contributed by atoms with Crippen molar-refractivity contribution >= 4 is 102 Å². The number of nitrogen functional groups attached to an aromatic ring is 2. The molecule has 3 aliphatic rings. The van der Waals surface area contributed by atoms with E-state index in [0.717, 1.165) is 33.3 Å². The van der Waals surface area contributed by atoms with E-state index in [0.29, 0.717) is 11.3 Å². The number of amides is 7. The molecule has 0 bridgehead atoms. The van der Waals surface area contributed by atoms with Crippen LogP contribution in [0.1, 0.15) is 44.7 Å². The number of likely N-dealkylation sites (N-methyl/N-ethyl adjacent to an activating group) is 2. The van der Waals surface area contributed by atoms with Crippen molar-refractivity contribution in [2.45, 2.75) is 94.5 Å². The van der Waals surface area contributed by atoms with Gasteiger partial charge in [0.2, 0.25) is 17.7 Å². The molecule has 0 radical (unpaired) electrons. The summed E-state index contributed by atoms with van der Waals surface area (Å²) in [5.74, 6) is -2.55. The van der Waals surface area contributed by atoms with Crippen molar-refractivity contribution in [3.63, 3.8) is 0 Å². The number of benzene rings is 1. The number of carbonyl (C=O) groups is 6. The van der Waals surface area contributed by atoms with Crippen LogP contribution in [0.4, 0.5) is 36.1 Å². The van der Waals surface area contributed by atoms with Gasteiger partial charge in [0.15, 0.2) is 47.7 Å². The number of azide groups is 1. The minimum absolute atomic E-state index is 0.0261. The van der Waals surface area contributed by atoms with Crippen LogP contribution in [0.25, 0.3) is 32.8 Å². The number of alkyl halides is 1. The third-order valence-electron chi connectivity index (χ3n) is 13.5. The quantitative estimate of drug-likeness (QED) is 0.0134. The predicted octanol–water partition coefficient (Wildman–Crippen LogP) is 1.95. The number of carbonyl (C=O) groups excluding carboxylic acids is 6. The van der Waals surface area contributed by atoms with Gasteiger partial charge in [0.1, 0.15) is 73.3 Å². The SMILES string of the molecule is CC(C)[C@H](NC(=O)CN=[N+]=[N-])C(=O)N[C@@H](CCCNC(N)=O)C(=O)Nc1ccc(COC(=O)N(C)CCN(C)C(=O)O[C@@H]2[C@@H]3O[P@@](=O)(S)OC[C@H]4O[C@@H](n5cnc6c(N)ncnc65)[C@H](F)[C@@H]4O[P@](=O)(O)OC[C@H]3O[C@H]2n2cnc3c(N)ncnc32)cc1. The van der Waals surface area contributed by atoms with Gasteiger partial charge in [-0.15, -0.1) is 0 Å². The van der Waals surface area contributed by atoms with Crippen molar-refractivity contribution in [2.75, 3.05) is 70.3 Å². The molecule has 4 aromatic heterocycles. The topological polar surface area (TPSA) is 499 Å². The minimum Gasteiger partial charge on any atom is -0.445 e. The maximum absolute atomic E-state index is 16.4. The number of hydrogen-bond acceptors (Lipinski definition) is 25. The fourth-order valence-electron chi connectivity index (χ4n) is 9.07. The van der Waals surface area contributed by atoms with E-state index in [1.807, 2.05) is 0 Å². The first-order valence-electron chi connectivity index (χ1n) is 26.3. The van der Waals surface area contributed by atoms with Gasteiger partial charge in [0.05, 0.1) is 25.9 Å². The summed E-state index contributed by atoms with van der Waals surface area (Å²) in [5, 5.41) is 13.4. The Morgan fingerprint density at radius 1 is 0.862 bits per heavy atom. The molecule has 3 saturated heterocycles. The van der Waals surface area contributed by atoms with E-state index in [1.54, 1.807) is 26.0 Å². The average Bonchev–Trinajstić information content (AvgIpc) is 1.72. The lowest BCUT2D eigenvalue weighted by molar-refractivity contribution is -0.131. The van der Waals surface area contributed by atoms with Gasteiger partial charge in [0.25, 0.3) is 0 Å². The zero-order valence-corrected chi connectivity index (χ0v) is 49.3. The fraction of sp³-hybridized carbons (Fsp3) is 0.522. The van der Waals surface area contributed by atoms with E-state index in [9.17, 15) is 42.8 Å². The minimum atomic E-state index is -5.29. The second-order valence-electron chi connectivity index (χ2n) is 20.0. The van der Waals surface area contributed by atoms with Crippen LogP contribution in [0.5, 0.6) is 0 Å². The molecule has 3 aliphatic heterocycles. The van der Waals surface area contributed by atoms with Gasteiger partial charge in [-0.05, 0) is 42.0 Å². The summed E-state index contributed by atoms with van der Waals surface area (Å²) in [5.41, 5.74) is 26.8. The molecule has 0 aliphatic carbocycles. The third-order valence-corrected chi connectivity index (χ3v) is 16.1. The molecule has 470 valence electrons. The van der Waals surface area contributed by atoms with Crippen LogP contribution < -0.4 is 38.5 Å². The molecule has 5 aromatic rings. The van der Waals surface area contributed by atoms with Gasteiger partial charge in [-0.3, -0.25) is 41.6 Å². The molecule has 41 heteroatoms. The zero-order chi connectivity index (χ0) is 62.9. The Morgan fingerprint density at radius 3 is 2.08 bits per heavy atom. The number of anilines is 3. The van der Waals surface area contributed by atoms with Gasteiger partial charge >= 0.3 is 32.8 Å². The fourth-order valence-corrected chi connectivity index (χ4v) is 11.5. The molecular weight excluding hydrogens is 1220 g/mol. The Labute approximate surface area is 497 Å². The summed E-state index contributed by atoms with van der Waals surface area (Å²) in [6, 6.07) is 3.12. The van der Waals surface area contributed by atoms with Crippen LogP contribution >= 0.6 is 26.9 Å². The molecule has 0 saturated carbocycles. The number of phosphoric acid groups is 1. The van der Waals surface area contributed by atoms with Crippen molar-refractivity contribution in [2.24, 2.45) is 16.8 Å². The highest BCUT2D eigenvalue weighted by Crippen LogP contribution is 2.59. The van der Waals surface area contributed by atoms with Crippen LogP contribution in [0, 0.1) is 5.92 Å². The number of rotatable bonds is 20. The smallest absolute Gasteiger partial charge is 0.445 e. The summed E-state index contributed by atoms with van der Waals surface area (Å²) in [6.45, 7) is -4.12. The number of thiol groups is 1. The van der Waals surface area contributed by atoms with Crippen molar-refractivity contribution in [1.29, 1.82) is 0 Å². The Hall–Kier alpha value is -8.09. The molecule has 1 aromatic carbocycles. The number of aromatic nitrogens is 8. The molecule has 37 nitrogen and oxygen atoms in total. The summed E-state index contributed by atoms with van der Waals surface area (Å²) in [6.07, 6.45) is -10.8. The lowest BCUT2D eigenvalue weighted by Gasteiger charge is -2.30. The van der Waals surface area contributed by atoms with Crippen molar-refractivity contribution in [3.05, 3.63) is 65.6 Å². The van der Waals surface area contributed by atoms with Crippen molar-refractivity contribution in [1.82, 2.24) is 64.8 Å². The highest BCUT2D eigenvalue weighted by atomic mass is 32.7. The van der Waals surface area contributed by atoms with E-state index in [4.69, 9.17) is 59.8 Å². The summed E-state index contributed by atoms with van der Waals surface area (Å²) >= 11 is 4.19. The predicted molar refractivity (Wildman–Crippen MR) is 301 cm³/mol. The number of nitrogens with zero attached hydrogens (tertiary/aromatic N) is 13. The molecule has 3 fully saturated rings. The lowest BCUT2D eigenvalue weighted by atomic mass is 10.0. The van der Waals surface area contributed by atoms with Crippen LogP contribution in [-0.4, -0.2) is 192 Å². The van der Waals surface area contributed by atoms with E-state index < -0.39 is 137 Å². The first-order chi connectivity index (χ1) is 41.3. The number of halogens is 1. The van der Waals surface area contributed by atoms with E-state index in [-0.39, 0.29) is 73.0 Å². The van der Waals surface area contributed by atoms with E-state index in [1.165, 1.54) is 37.1 Å². The van der Waals surface area contributed by atoms with Crippen molar-refractivity contribution < 1.29 is 84.2 Å². The van der Waals surface area contributed by atoms with Crippen molar-refractivity contribution in [3.8, 4) is 0 Å². The first-order valence-corrected chi connectivity index (χ1v) is 30.5. The average molecular weight is 1280 g/mol. The molecule has 0 unspecified atom stereocenters. The largest absolute Gasteiger partial charge is 0.472 e. The highest BCUT2D eigenvalue weighted by Gasteiger charge is 2.56. The second-order valence-corrected chi connectivity index (χ2v) is 24.3.